The van der Waals surface area contributed by atoms with Crippen molar-refractivity contribution in [1.82, 2.24) is 15.1 Å². The summed E-state index contributed by atoms with van der Waals surface area (Å²) >= 11 is 0. The molecule has 1 amide bonds. The molecule has 1 aromatic heterocycles. The molecule has 0 fully saturated rings. The second-order valence-electron chi connectivity index (χ2n) is 6.62. The molecule has 6 heteroatoms. The van der Waals surface area contributed by atoms with Gasteiger partial charge in [-0.15, -0.1) is 0 Å². The van der Waals surface area contributed by atoms with Gasteiger partial charge in [-0.2, -0.15) is 5.10 Å². The summed E-state index contributed by atoms with van der Waals surface area (Å²) in [5.41, 5.74) is 0.756. The molecule has 126 valence electrons. The fourth-order valence-electron chi connectivity index (χ4n) is 2.13. The molecule has 1 rings (SSSR count). The van der Waals surface area contributed by atoms with Crippen LogP contribution in [-0.2, 0) is 11.8 Å². The number of ether oxygens (including phenoxy) is 1. The highest BCUT2D eigenvalue weighted by molar-refractivity contribution is 5.77. The van der Waals surface area contributed by atoms with Gasteiger partial charge in [0.2, 0.25) is 0 Å². The van der Waals surface area contributed by atoms with Crippen molar-refractivity contribution in [3.63, 3.8) is 0 Å². The lowest BCUT2D eigenvalue weighted by Crippen LogP contribution is -2.42. The van der Waals surface area contributed by atoms with E-state index in [2.05, 4.69) is 24.3 Å². The number of carbonyl (C=O) groups excluding carboxylic acids is 1. The minimum Gasteiger partial charge on any atom is -0.480 e. The fourth-order valence-corrected chi connectivity index (χ4v) is 2.13. The number of aromatic nitrogens is 2. The first-order chi connectivity index (χ1) is 10.1. The van der Waals surface area contributed by atoms with Crippen LogP contribution in [0.5, 0.6) is 5.75 Å². The highest BCUT2D eigenvalue weighted by Crippen LogP contribution is 2.21. The Labute approximate surface area is 132 Å². The maximum atomic E-state index is 11.9. The summed E-state index contributed by atoms with van der Waals surface area (Å²) in [7, 11) is 1.83. The van der Waals surface area contributed by atoms with E-state index in [9.17, 15) is 9.90 Å². The fraction of sp³-hybridized carbons (Fsp3) is 0.750. The summed E-state index contributed by atoms with van der Waals surface area (Å²) in [6.07, 6.45) is 1.58. The maximum Gasteiger partial charge on any atom is 0.258 e. The van der Waals surface area contributed by atoms with Crippen molar-refractivity contribution >= 4 is 5.91 Å². The first-order valence-electron chi connectivity index (χ1n) is 7.74. The normalized spacial score (nSPS) is 14.0. The van der Waals surface area contributed by atoms with E-state index in [0.29, 0.717) is 18.1 Å². The topological polar surface area (TPSA) is 76.4 Å². The second-order valence-corrected chi connectivity index (χ2v) is 6.62. The molecule has 0 spiro atoms. The average molecular weight is 311 g/mol. The highest BCUT2D eigenvalue weighted by atomic mass is 16.5. The first-order valence-corrected chi connectivity index (χ1v) is 7.74. The zero-order valence-electron chi connectivity index (χ0n) is 14.6. The van der Waals surface area contributed by atoms with Crippen LogP contribution >= 0.6 is 0 Å². The molecule has 0 saturated carbocycles. The van der Waals surface area contributed by atoms with Crippen molar-refractivity contribution in [3.8, 4) is 5.75 Å². The van der Waals surface area contributed by atoms with E-state index in [4.69, 9.17) is 4.74 Å². The van der Waals surface area contributed by atoms with Crippen molar-refractivity contribution in [2.24, 2.45) is 13.0 Å². The lowest BCUT2D eigenvalue weighted by Gasteiger charge is -2.24. The Bertz CT molecular complexity index is 507. The Morgan fingerprint density at radius 1 is 1.45 bits per heavy atom. The zero-order valence-corrected chi connectivity index (χ0v) is 14.6. The van der Waals surface area contributed by atoms with E-state index >= 15 is 0 Å². The van der Waals surface area contributed by atoms with Crippen LogP contribution in [-0.4, -0.2) is 39.5 Å². The predicted octanol–water partition coefficient (Wildman–Crippen LogP) is 1.72. The van der Waals surface area contributed by atoms with Gasteiger partial charge in [0.1, 0.15) is 5.69 Å². The van der Waals surface area contributed by atoms with E-state index < -0.39 is 5.60 Å². The molecule has 0 aliphatic rings. The van der Waals surface area contributed by atoms with Gasteiger partial charge < -0.3 is 15.2 Å². The number of hydrogen-bond donors (Lipinski definition) is 2. The number of hydrogen-bond acceptors (Lipinski definition) is 4. The molecule has 2 N–H and O–H groups in total. The minimum atomic E-state index is -0.889. The van der Waals surface area contributed by atoms with Gasteiger partial charge in [-0.3, -0.25) is 9.48 Å². The largest absolute Gasteiger partial charge is 0.480 e. The van der Waals surface area contributed by atoms with Crippen molar-refractivity contribution in [3.05, 3.63) is 11.4 Å². The summed E-state index contributed by atoms with van der Waals surface area (Å²) < 4.78 is 7.26. The maximum absolute atomic E-state index is 11.9. The first kappa shape index (κ1) is 18.5. The van der Waals surface area contributed by atoms with E-state index in [1.54, 1.807) is 11.6 Å². The Kier molecular flexibility index (Phi) is 6.41. The third-order valence-electron chi connectivity index (χ3n) is 3.72. The molecule has 1 atom stereocenters. The monoisotopic (exact) mass is 311 g/mol. The average Bonchev–Trinajstić information content (AvgIpc) is 2.66. The van der Waals surface area contributed by atoms with Crippen molar-refractivity contribution in [2.45, 2.75) is 53.1 Å². The SMILES string of the molecule is Cc1nn(C)c(C)c1OCC(=O)NCC(C)(O)CCC(C)C. The van der Waals surface area contributed by atoms with Gasteiger partial charge in [-0.1, -0.05) is 13.8 Å². The number of rotatable bonds is 8. The molecule has 1 unspecified atom stereocenters. The number of nitrogens with zero attached hydrogens (tertiary/aromatic N) is 2. The summed E-state index contributed by atoms with van der Waals surface area (Å²) in [5, 5.41) is 17.2. The van der Waals surface area contributed by atoms with Crippen LogP contribution in [0, 0.1) is 19.8 Å². The summed E-state index contributed by atoms with van der Waals surface area (Å²) in [6, 6.07) is 0. The number of carbonyl (C=O) groups is 1. The van der Waals surface area contributed by atoms with Gasteiger partial charge in [-0.05, 0) is 39.5 Å². The molecular weight excluding hydrogens is 282 g/mol. The Morgan fingerprint density at radius 3 is 2.59 bits per heavy atom. The molecule has 6 nitrogen and oxygen atoms in total. The molecule has 22 heavy (non-hydrogen) atoms. The number of nitrogens with one attached hydrogen (secondary N) is 1. The van der Waals surface area contributed by atoms with Crippen molar-refractivity contribution < 1.29 is 14.6 Å². The second kappa shape index (κ2) is 7.63. The standard InChI is InChI=1S/C16H29N3O3/c1-11(2)7-8-16(5,21)10-17-14(20)9-22-15-12(3)18-19(6)13(15)4/h11,21H,7-10H2,1-6H3,(H,17,20). The Hall–Kier alpha value is -1.56. The predicted molar refractivity (Wildman–Crippen MR) is 85.9 cm³/mol. The van der Waals surface area contributed by atoms with Crippen LogP contribution in [0.15, 0.2) is 0 Å². The van der Waals surface area contributed by atoms with Crippen LogP contribution < -0.4 is 10.1 Å². The van der Waals surface area contributed by atoms with Gasteiger partial charge in [0.05, 0.1) is 11.3 Å². The zero-order chi connectivity index (χ0) is 16.9. The van der Waals surface area contributed by atoms with E-state index in [1.165, 1.54) is 0 Å². The molecule has 1 heterocycles. The minimum absolute atomic E-state index is 0.0758. The number of aryl methyl sites for hydroxylation is 2. The van der Waals surface area contributed by atoms with Gasteiger partial charge in [0, 0.05) is 13.6 Å². The van der Waals surface area contributed by atoms with E-state index in [1.807, 2.05) is 20.9 Å². The van der Waals surface area contributed by atoms with Crippen LogP contribution in [0.1, 0.15) is 45.0 Å². The Morgan fingerprint density at radius 2 is 2.09 bits per heavy atom. The van der Waals surface area contributed by atoms with Crippen LogP contribution in [0.25, 0.3) is 0 Å². The molecule has 0 saturated heterocycles. The summed E-state index contributed by atoms with van der Waals surface area (Å²) in [6.45, 7) is 9.86. The van der Waals surface area contributed by atoms with E-state index in [0.717, 1.165) is 17.8 Å². The van der Waals surface area contributed by atoms with Gasteiger partial charge in [-0.25, -0.2) is 0 Å². The quantitative estimate of drug-likeness (QED) is 0.766. The van der Waals surface area contributed by atoms with Crippen molar-refractivity contribution in [1.29, 1.82) is 0 Å². The molecule has 0 aromatic carbocycles. The van der Waals surface area contributed by atoms with Crippen LogP contribution in [0.2, 0.25) is 0 Å². The van der Waals surface area contributed by atoms with Gasteiger partial charge in [0.15, 0.2) is 12.4 Å². The lowest BCUT2D eigenvalue weighted by molar-refractivity contribution is -0.124. The highest BCUT2D eigenvalue weighted by Gasteiger charge is 2.21. The summed E-state index contributed by atoms with van der Waals surface area (Å²) in [5.74, 6) is 0.929. The number of aliphatic hydroxyl groups is 1. The van der Waals surface area contributed by atoms with Crippen LogP contribution in [0.4, 0.5) is 0 Å². The molecule has 0 aliphatic carbocycles. The Balaban J connectivity index is 2.40. The molecular formula is C16H29N3O3. The molecule has 1 aromatic rings. The smallest absolute Gasteiger partial charge is 0.258 e. The molecule has 0 bridgehead atoms. The molecule has 0 radical (unpaired) electrons. The van der Waals surface area contributed by atoms with E-state index in [-0.39, 0.29) is 19.1 Å². The third kappa shape index (κ3) is 5.67. The third-order valence-corrected chi connectivity index (χ3v) is 3.72. The van der Waals surface area contributed by atoms with Gasteiger partial charge >= 0.3 is 0 Å². The molecule has 0 aliphatic heterocycles. The van der Waals surface area contributed by atoms with Crippen LogP contribution in [0.3, 0.4) is 0 Å². The summed E-state index contributed by atoms with van der Waals surface area (Å²) in [4.78, 5) is 11.9. The number of amides is 1. The van der Waals surface area contributed by atoms with Crippen molar-refractivity contribution in [2.75, 3.05) is 13.2 Å². The lowest BCUT2D eigenvalue weighted by atomic mass is 9.95. The van der Waals surface area contributed by atoms with Gasteiger partial charge in [0.25, 0.3) is 5.91 Å².